The Bertz CT molecular complexity index is 1610. The van der Waals surface area contributed by atoms with Crippen molar-refractivity contribution in [3.63, 3.8) is 0 Å². The van der Waals surface area contributed by atoms with Crippen LogP contribution in [-0.4, -0.2) is 47.2 Å². The summed E-state index contributed by atoms with van der Waals surface area (Å²) in [5.41, 5.74) is 5.45. The van der Waals surface area contributed by atoms with Crippen LogP contribution in [-0.2, 0) is 11.3 Å². The third-order valence-electron chi connectivity index (χ3n) is 6.58. The van der Waals surface area contributed by atoms with Gasteiger partial charge in [-0.1, -0.05) is 78.3 Å². The van der Waals surface area contributed by atoms with E-state index in [1.165, 1.54) is 0 Å². The van der Waals surface area contributed by atoms with Gasteiger partial charge < -0.3 is 15.0 Å². The number of benzene rings is 4. The highest BCUT2D eigenvalue weighted by Crippen LogP contribution is 2.33. The standard InChI is InChI=1S/C32H29ClN4O2/c1-36(20-22-9-5-3-6-10-22)21-29(38)37(2)26-16-14-25(15-17-26)34-31(23-11-7-4-8-12-23)30-27-18-13-24(33)19-28(27)35-32(30)39/h3-19,35,39H,20-21H2,1-2H3. The number of aliphatic imine (C=N–C) groups is 1. The van der Waals surface area contributed by atoms with E-state index >= 15 is 0 Å². The van der Waals surface area contributed by atoms with Crippen LogP contribution in [0.25, 0.3) is 10.9 Å². The summed E-state index contributed by atoms with van der Waals surface area (Å²) in [6.45, 7) is 0.997. The number of amides is 1. The van der Waals surface area contributed by atoms with E-state index in [4.69, 9.17) is 16.6 Å². The first-order valence-electron chi connectivity index (χ1n) is 12.6. The normalized spacial score (nSPS) is 11.7. The smallest absolute Gasteiger partial charge is 0.240 e. The molecule has 0 atom stereocenters. The molecule has 1 heterocycles. The predicted molar refractivity (Wildman–Crippen MR) is 159 cm³/mol. The largest absolute Gasteiger partial charge is 0.494 e. The Morgan fingerprint density at radius 2 is 1.56 bits per heavy atom. The van der Waals surface area contributed by atoms with E-state index < -0.39 is 0 Å². The summed E-state index contributed by atoms with van der Waals surface area (Å²) in [5, 5.41) is 12.2. The number of carbonyl (C=O) groups is 1. The van der Waals surface area contributed by atoms with E-state index in [9.17, 15) is 9.90 Å². The number of aromatic nitrogens is 1. The van der Waals surface area contributed by atoms with E-state index in [1.54, 1.807) is 24.1 Å². The average Bonchev–Trinajstić information content (AvgIpc) is 3.27. The van der Waals surface area contributed by atoms with Gasteiger partial charge in [-0.25, -0.2) is 4.99 Å². The number of hydrogen-bond acceptors (Lipinski definition) is 4. The van der Waals surface area contributed by atoms with E-state index in [-0.39, 0.29) is 11.8 Å². The summed E-state index contributed by atoms with van der Waals surface area (Å²) >= 11 is 6.17. The molecule has 0 aliphatic rings. The fourth-order valence-corrected chi connectivity index (χ4v) is 4.74. The fourth-order valence-electron chi connectivity index (χ4n) is 4.57. The van der Waals surface area contributed by atoms with Crippen LogP contribution in [0.4, 0.5) is 11.4 Å². The van der Waals surface area contributed by atoms with Gasteiger partial charge in [0.15, 0.2) is 5.88 Å². The highest BCUT2D eigenvalue weighted by Gasteiger charge is 2.19. The monoisotopic (exact) mass is 536 g/mol. The summed E-state index contributed by atoms with van der Waals surface area (Å²) in [5.74, 6) is 0.0217. The Hall–Kier alpha value is -4.39. The maximum atomic E-state index is 12.9. The molecular weight excluding hydrogens is 508 g/mol. The van der Waals surface area contributed by atoms with Crippen molar-refractivity contribution in [1.29, 1.82) is 0 Å². The Morgan fingerprint density at radius 1 is 0.897 bits per heavy atom. The molecule has 0 spiro atoms. The number of nitrogens with one attached hydrogen (secondary N) is 1. The SMILES string of the molecule is CN(CC(=O)N(C)c1ccc(N=C(c2ccccc2)c2c(O)[nH]c3cc(Cl)ccc23)cc1)Cc1ccccc1. The number of hydrogen-bond donors (Lipinski definition) is 2. The molecule has 4 aromatic carbocycles. The Balaban J connectivity index is 1.40. The molecule has 0 aliphatic heterocycles. The van der Waals surface area contributed by atoms with Gasteiger partial charge in [-0.2, -0.15) is 0 Å². The second kappa shape index (κ2) is 11.6. The van der Waals surface area contributed by atoms with Crippen LogP contribution >= 0.6 is 11.6 Å². The summed E-state index contributed by atoms with van der Waals surface area (Å²) in [7, 11) is 3.72. The van der Waals surface area contributed by atoms with E-state index in [2.05, 4.69) is 17.1 Å². The number of likely N-dealkylation sites (N-methyl/N-ethyl adjacent to an activating group) is 2. The minimum atomic E-state index is -0.00275. The number of carbonyl (C=O) groups excluding carboxylic acids is 1. The molecule has 196 valence electrons. The molecule has 0 radical (unpaired) electrons. The van der Waals surface area contributed by atoms with Gasteiger partial charge in [0.2, 0.25) is 5.91 Å². The van der Waals surface area contributed by atoms with Crippen LogP contribution in [0.5, 0.6) is 5.88 Å². The summed E-state index contributed by atoms with van der Waals surface area (Å²) < 4.78 is 0. The Labute approximate surface area is 232 Å². The zero-order valence-corrected chi connectivity index (χ0v) is 22.6. The molecular formula is C32H29ClN4O2. The summed E-state index contributed by atoms with van der Waals surface area (Å²) in [4.78, 5) is 24.6. The predicted octanol–water partition coefficient (Wildman–Crippen LogP) is 6.79. The zero-order chi connectivity index (χ0) is 27.4. The lowest BCUT2D eigenvalue weighted by atomic mass is 10.0. The van der Waals surface area contributed by atoms with Crippen molar-refractivity contribution >= 4 is 45.5 Å². The summed E-state index contributed by atoms with van der Waals surface area (Å²) in [6.07, 6.45) is 0. The van der Waals surface area contributed by atoms with Crippen molar-refractivity contribution in [2.75, 3.05) is 25.5 Å². The van der Waals surface area contributed by atoms with Crippen molar-refractivity contribution in [2.24, 2.45) is 4.99 Å². The number of nitrogens with zero attached hydrogens (tertiary/aromatic N) is 3. The molecule has 5 rings (SSSR count). The molecule has 6 nitrogen and oxygen atoms in total. The second-order valence-corrected chi connectivity index (χ2v) is 9.93. The van der Waals surface area contributed by atoms with Crippen molar-refractivity contribution in [3.05, 3.63) is 125 Å². The van der Waals surface area contributed by atoms with Crippen LogP contribution in [0.15, 0.2) is 108 Å². The Morgan fingerprint density at radius 3 is 2.26 bits per heavy atom. The molecule has 0 unspecified atom stereocenters. The van der Waals surface area contributed by atoms with E-state index in [0.717, 1.165) is 27.7 Å². The quantitative estimate of drug-likeness (QED) is 0.214. The van der Waals surface area contributed by atoms with Gasteiger partial charge in [0.1, 0.15) is 0 Å². The number of anilines is 1. The van der Waals surface area contributed by atoms with Crippen molar-refractivity contribution in [2.45, 2.75) is 6.54 Å². The highest BCUT2D eigenvalue weighted by molar-refractivity contribution is 6.31. The van der Waals surface area contributed by atoms with Crippen LogP contribution in [0.2, 0.25) is 5.02 Å². The van der Waals surface area contributed by atoms with Gasteiger partial charge in [-0.3, -0.25) is 9.69 Å². The van der Waals surface area contributed by atoms with Gasteiger partial charge in [0, 0.05) is 35.3 Å². The van der Waals surface area contributed by atoms with E-state index in [0.29, 0.717) is 35.1 Å². The highest BCUT2D eigenvalue weighted by atomic mass is 35.5. The molecule has 5 aromatic rings. The second-order valence-electron chi connectivity index (χ2n) is 9.49. The minimum absolute atomic E-state index is 0.00275. The minimum Gasteiger partial charge on any atom is -0.494 e. The molecule has 7 heteroatoms. The molecule has 0 fully saturated rings. The topological polar surface area (TPSA) is 71.9 Å². The number of rotatable bonds is 8. The molecule has 2 N–H and O–H groups in total. The third kappa shape index (κ3) is 6.03. The van der Waals surface area contributed by atoms with Gasteiger partial charge in [-0.05, 0) is 49.0 Å². The number of aromatic amines is 1. The molecule has 1 aromatic heterocycles. The molecule has 1 amide bonds. The van der Waals surface area contributed by atoms with Crippen molar-refractivity contribution in [1.82, 2.24) is 9.88 Å². The maximum Gasteiger partial charge on any atom is 0.240 e. The molecule has 0 saturated heterocycles. The lowest BCUT2D eigenvalue weighted by Gasteiger charge is -2.22. The van der Waals surface area contributed by atoms with Gasteiger partial charge in [0.25, 0.3) is 0 Å². The summed E-state index contributed by atoms with van der Waals surface area (Å²) in [6, 6.07) is 32.8. The van der Waals surface area contributed by atoms with Crippen LogP contribution in [0, 0.1) is 0 Å². The average molecular weight is 537 g/mol. The molecule has 0 saturated carbocycles. The molecule has 0 aliphatic carbocycles. The van der Waals surface area contributed by atoms with Crippen LogP contribution in [0.3, 0.4) is 0 Å². The first-order chi connectivity index (χ1) is 18.9. The lowest BCUT2D eigenvalue weighted by Crippen LogP contribution is -2.36. The zero-order valence-electron chi connectivity index (χ0n) is 21.8. The number of halogens is 1. The number of H-pyrrole nitrogens is 1. The van der Waals surface area contributed by atoms with Gasteiger partial charge in [0.05, 0.1) is 29.0 Å². The van der Waals surface area contributed by atoms with Gasteiger partial charge in [-0.15, -0.1) is 0 Å². The van der Waals surface area contributed by atoms with Gasteiger partial charge >= 0.3 is 0 Å². The number of aromatic hydroxyl groups is 1. The van der Waals surface area contributed by atoms with Crippen molar-refractivity contribution < 1.29 is 9.90 Å². The maximum absolute atomic E-state index is 12.9. The Kier molecular flexibility index (Phi) is 7.77. The number of fused-ring (bicyclic) bond motifs is 1. The lowest BCUT2D eigenvalue weighted by molar-refractivity contribution is -0.119. The first kappa shape index (κ1) is 26.2. The molecule has 0 bridgehead atoms. The van der Waals surface area contributed by atoms with E-state index in [1.807, 2.05) is 90.8 Å². The third-order valence-corrected chi connectivity index (χ3v) is 6.81. The first-order valence-corrected chi connectivity index (χ1v) is 13.0. The fraction of sp³-hybridized carbons (Fsp3) is 0.125. The molecule has 39 heavy (non-hydrogen) atoms. The van der Waals surface area contributed by atoms with Crippen LogP contribution < -0.4 is 4.90 Å². The van der Waals surface area contributed by atoms with Crippen LogP contribution in [0.1, 0.15) is 16.7 Å². The van der Waals surface area contributed by atoms with Crippen molar-refractivity contribution in [3.8, 4) is 5.88 Å².